The Bertz CT molecular complexity index is 2700. The molecule has 322 valence electrons. The highest BCUT2D eigenvalue weighted by Crippen LogP contribution is 2.42. The first-order valence-electron chi connectivity index (χ1n) is 20.1. The van der Waals surface area contributed by atoms with Gasteiger partial charge in [-0.15, -0.1) is 0 Å². The van der Waals surface area contributed by atoms with E-state index < -0.39 is 11.7 Å². The molecule has 13 nitrogen and oxygen atoms in total. The number of nitrogens with one attached hydrogen (secondary N) is 2. The molecule has 2 N–H and O–H groups in total. The standard InChI is InChI=1S/C47H48Cl2N6O7/c1-47(2,3)62-46(58)54(27-32-15-18-41(56)52-32)26-30-14-17-38(53-44(30)61-6)37-12-8-11-36(43(37)49)35-10-7-9-34(42(35)48)28-19-20-55-40(21-28)51-25-31(45(55)57)24-50-23-29-13-16-33(59-4)22-39(29)60-5/h7-14,16-17,19-22,25,32,50H,15,18,23-24,26-27H2,1-6H3,(H,52,56). The number of fused-ring (bicyclic) bond motifs is 1. The largest absolute Gasteiger partial charge is 0.497 e. The number of rotatable bonds is 14. The molecule has 0 saturated carbocycles. The third-order valence-electron chi connectivity index (χ3n) is 10.5. The second kappa shape index (κ2) is 18.9. The van der Waals surface area contributed by atoms with Gasteiger partial charge in [0, 0.05) is 83.9 Å². The molecule has 1 saturated heterocycles. The molecule has 62 heavy (non-hydrogen) atoms. The molecule has 6 aromatic rings. The zero-order valence-electron chi connectivity index (χ0n) is 35.4. The summed E-state index contributed by atoms with van der Waals surface area (Å²) in [6.45, 7) is 6.63. The third kappa shape index (κ3) is 9.81. The van der Waals surface area contributed by atoms with Crippen molar-refractivity contribution in [1.82, 2.24) is 29.9 Å². The van der Waals surface area contributed by atoms with Gasteiger partial charge in [-0.05, 0) is 63.1 Å². The molecular weight excluding hydrogens is 831 g/mol. The molecule has 1 unspecified atom stereocenters. The molecule has 1 aliphatic rings. The van der Waals surface area contributed by atoms with Crippen LogP contribution in [0.4, 0.5) is 4.79 Å². The Hall–Kier alpha value is -6.15. The minimum atomic E-state index is -0.711. The van der Waals surface area contributed by atoms with Gasteiger partial charge >= 0.3 is 6.09 Å². The molecule has 2 amide bonds. The van der Waals surface area contributed by atoms with Crippen molar-refractivity contribution < 1.29 is 28.5 Å². The van der Waals surface area contributed by atoms with Crippen molar-refractivity contribution in [2.24, 2.45) is 0 Å². The van der Waals surface area contributed by atoms with E-state index in [1.807, 2.05) is 99.6 Å². The SMILES string of the molecule is COc1ccc(CNCc2cnc3cc(-c4cccc(-c5cccc(-c6ccc(CN(CC7CCC(=O)N7)C(=O)OC(C)(C)C)c(OC)n6)c5Cl)c4Cl)ccn3c2=O)c(OC)c1. The van der Waals surface area contributed by atoms with E-state index in [0.29, 0.717) is 92.5 Å². The van der Waals surface area contributed by atoms with Crippen LogP contribution in [-0.2, 0) is 29.2 Å². The highest BCUT2D eigenvalue weighted by molar-refractivity contribution is 6.39. The molecule has 0 radical (unpaired) electrons. The van der Waals surface area contributed by atoms with Crippen LogP contribution in [0.2, 0.25) is 10.0 Å². The van der Waals surface area contributed by atoms with E-state index in [2.05, 4.69) is 15.6 Å². The number of hydrogen-bond donors (Lipinski definition) is 2. The summed E-state index contributed by atoms with van der Waals surface area (Å²) in [5.74, 6) is 1.66. The van der Waals surface area contributed by atoms with Gasteiger partial charge in [-0.3, -0.25) is 14.0 Å². The van der Waals surface area contributed by atoms with E-state index in [1.54, 1.807) is 31.5 Å². The number of aromatic nitrogens is 3. The summed E-state index contributed by atoms with van der Waals surface area (Å²) in [4.78, 5) is 49.8. The Labute approximate surface area is 369 Å². The highest BCUT2D eigenvalue weighted by Gasteiger charge is 2.29. The fraction of sp³-hybridized carbons (Fsp3) is 0.298. The van der Waals surface area contributed by atoms with Crippen molar-refractivity contribution in [2.75, 3.05) is 27.9 Å². The van der Waals surface area contributed by atoms with Crippen LogP contribution < -0.4 is 30.4 Å². The zero-order valence-corrected chi connectivity index (χ0v) is 36.9. The van der Waals surface area contributed by atoms with E-state index in [9.17, 15) is 14.4 Å². The Morgan fingerprint density at radius 1 is 0.855 bits per heavy atom. The van der Waals surface area contributed by atoms with Gasteiger partial charge < -0.3 is 34.5 Å². The van der Waals surface area contributed by atoms with Crippen molar-refractivity contribution in [3.05, 3.63) is 128 Å². The molecule has 0 bridgehead atoms. The Balaban J connectivity index is 1.11. The monoisotopic (exact) mass is 878 g/mol. The normalized spacial score (nSPS) is 13.8. The topological polar surface area (TPSA) is 146 Å². The first kappa shape index (κ1) is 43.9. The summed E-state index contributed by atoms with van der Waals surface area (Å²) in [7, 11) is 4.73. The molecule has 4 heterocycles. The van der Waals surface area contributed by atoms with Crippen LogP contribution in [0.5, 0.6) is 17.4 Å². The molecule has 7 rings (SSSR count). The fourth-order valence-electron chi connectivity index (χ4n) is 7.36. The maximum absolute atomic E-state index is 13.5. The lowest BCUT2D eigenvalue weighted by Crippen LogP contribution is -2.43. The minimum absolute atomic E-state index is 0.0401. The van der Waals surface area contributed by atoms with E-state index >= 15 is 0 Å². The number of carbonyl (C=O) groups excluding carboxylic acids is 2. The quantitative estimate of drug-likeness (QED) is 0.109. The van der Waals surface area contributed by atoms with Crippen molar-refractivity contribution in [3.8, 4) is 50.9 Å². The molecule has 1 atom stereocenters. The van der Waals surface area contributed by atoms with Crippen LogP contribution in [0.15, 0.2) is 96.1 Å². The summed E-state index contributed by atoms with van der Waals surface area (Å²) >= 11 is 14.4. The lowest BCUT2D eigenvalue weighted by molar-refractivity contribution is -0.119. The first-order chi connectivity index (χ1) is 29.8. The Kier molecular flexibility index (Phi) is 13.4. The average Bonchev–Trinajstić information content (AvgIpc) is 3.68. The summed E-state index contributed by atoms with van der Waals surface area (Å²) in [6, 6.07) is 24.1. The maximum atomic E-state index is 13.5. The van der Waals surface area contributed by atoms with Crippen LogP contribution in [-0.4, -0.2) is 70.8 Å². The molecule has 1 fully saturated rings. The van der Waals surface area contributed by atoms with Crippen LogP contribution >= 0.6 is 23.2 Å². The number of halogens is 2. The van der Waals surface area contributed by atoms with Crippen molar-refractivity contribution in [1.29, 1.82) is 0 Å². The highest BCUT2D eigenvalue weighted by atomic mass is 35.5. The van der Waals surface area contributed by atoms with Crippen molar-refractivity contribution in [2.45, 2.75) is 64.9 Å². The van der Waals surface area contributed by atoms with Gasteiger partial charge in [0.15, 0.2) is 0 Å². The Morgan fingerprint density at radius 2 is 1.55 bits per heavy atom. The zero-order chi connectivity index (χ0) is 44.1. The number of ether oxygens (including phenoxy) is 4. The van der Waals surface area contributed by atoms with Crippen molar-refractivity contribution >= 4 is 40.8 Å². The molecule has 0 aliphatic carbocycles. The van der Waals surface area contributed by atoms with E-state index in [0.717, 1.165) is 16.7 Å². The van der Waals surface area contributed by atoms with Gasteiger partial charge in [-0.25, -0.2) is 14.8 Å². The molecule has 3 aromatic carbocycles. The van der Waals surface area contributed by atoms with Crippen LogP contribution in [0, 0.1) is 0 Å². The first-order valence-corrected chi connectivity index (χ1v) is 20.8. The van der Waals surface area contributed by atoms with Gasteiger partial charge in [0.2, 0.25) is 11.8 Å². The predicted octanol–water partition coefficient (Wildman–Crippen LogP) is 8.73. The van der Waals surface area contributed by atoms with Gasteiger partial charge in [-0.1, -0.05) is 65.7 Å². The Morgan fingerprint density at radius 3 is 2.23 bits per heavy atom. The molecule has 3 aromatic heterocycles. The number of hydrogen-bond acceptors (Lipinski definition) is 10. The smallest absolute Gasteiger partial charge is 0.410 e. The summed E-state index contributed by atoms with van der Waals surface area (Å²) < 4.78 is 23.8. The second-order valence-corrected chi connectivity index (χ2v) is 16.6. The van der Waals surface area contributed by atoms with E-state index in [4.69, 9.17) is 47.1 Å². The predicted molar refractivity (Wildman–Crippen MR) is 240 cm³/mol. The van der Waals surface area contributed by atoms with Crippen LogP contribution in [0.1, 0.15) is 50.3 Å². The second-order valence-electron chi connectivity index (χ2n) is 15.9. The number of pyridine rings is 2. The number of methoxy groups -OCH3 is 3. The molecule has 15 heteroatoms. The molecule has 1 aliphatic heterocycles. The average molecular weight is 880 g/mol. The third-order valence-corrected chi connectivity index (χ3v) is 11.3. The van der Waals surface area contributed by atoms with Crippen LogP contribution in [0.3, 0.4) is 0 Å². The number of carbonyl (C=O) groups is 2. The van der Waals surface area contributed by atoms with E-state index in [-0.39, 0.29) is 30.6 Å². The summed E-state index contributed by atoms with van der Waals surface area (Å²) in [5, 5.41) is 7.15. The summed E-state index contributed by atoms with van der Waals surface area (Å²) in [6.07, 6.45) is 3.82. The lowest BCUT2D eigenvalue weighted by atomic mass is 9.97. The maximum Gasteiger partial charge on any atom is 0.410 e. The fourth-order valence-corrected chi connectivity index (χ4v) is 8.03. The van der Waals surface area contributed by atoms with Gasteiger partial charge in [-0.2, -0.15) is 0 Å². The lowest BCUT2D eigenvalue weighted by Gasteiger charge is -2.29. The number of benzene rings is 3. The van der Waals surface area contributed by atoms with Crippen molar-refractivity contribution in [3.63, 3.8) is 0 Å². The molecular formula is C47H48Cl2N6O7. The van der Waals surface area contributed by atoms with E-state index in [1.165, 1.54) is 11.5 Å². The molecule has 0 spiro atoms. The van der Waals surface area contributed by atoms with Crippen LogP contribution in [0.25, 0.3) is 39.2 Å². The summed E-state index contributed by atoms with van der Waals surface area (Å²) in [5.41, 5.74) is 5.77. The van der Waals surface area contributed by atoms with Gasteiger partial charge in [0.05, 0.1) is 49.2 Å². The van der Waals surface area contributed by atoms with Gasteiger partial charge in [0.25, 0.3) is 5.56 Å². The number of nitrogens with zero attached hydrogens (tertiary/aromatic N) is 4. The van der Waals surface area contributed by atoms with Gasteiger partial charge in [0.1, 0.15) is 22.7 Å². The minimum Gasteiger partial charge on any atom is -0.497 e. The number of amides is 2.